The molecule has 1 fully saturated rings. The molecule has 1 aliphatic carbocycles. The molecule has 7 heteroatoms. The number of hydrogen-bond acceptors (Lipinski definition) is 6. The topological polar surface area (TPSA) is 83.5 Å². The van der Waals surface area contributed by atoms with Gasteiger partial charge in [0, 0.05) is 12.4 Å². The molecule has 1 heterocycles. The number of Topliss-reactive ketones (excluding diaryl/α,β-unsaturated/α-hetero) is 1. The van der Waals surface area contributed by atoms with Crippen LogP contribution in [-0.2, 0) is 9.59 Å². The molecular weight excluding hydrogens is 320 g/mol. The maximum atomic E-state index is 13.2. The highest BCUT2D eigenvalue weighted by Gasteiger charge is 2.46. The summed E-state index contributed by atoms with van der Waals surface area (Å²) in [6, 6.07) is 0. The van der Waals surface area contributed by atoms with Crippen LogP contribution in [0, 0.1) is 5.92 Å². The monoisotopic (exact) mass is 346 g/mol. The number of aromatic nitrogens is 2. The van der Waals surface area contributed by atoms with Crippen molar-refractivity contribution in [2.24, 2.45) is 5.92 Å². The number of carbonyl (C=O) groups is 3. The minimum absolute atomic E-state index is 0.168. The summed E-state index contributed by atoms with van der Waals surface area (Å²) >= 11 is 0. The summed E-state index contributed by atoms with van der Waals surface area (Å²) in [5, 5.41) is 0. The van der Waals surface area contributed by atoms with Crippen molar-refractivity contribution in [2.75, 3.05) is 20.6 Å². The predicted octanol–water partition coefficient (Wildman–Crippen LogP) is 1.54. The van der Waals surface area contributed by atoms with Gasteiger partial charge in [-0.1, -0.05) is 19.3 Å². The van der Waals surface area contributed by atoms with E-state index in [0.29, 0.717) is 6.41 Å². The van der Waals surface area contributed by atoms with Crippen LogP contribution < -0.4 is 0 Å². The van der Waals surface area contributed by atoms with E-state index in [9.17, 15) is 14.4 Å². The third-order valence-electron chi connectivity index (χ3n) is 5.35. The predicted molar refractivity (Wildman–Crippen MR) is 92.8 cm³/mol. The van der Waals surface area contributed by atoms with Crippen LogP contribution >= 0.6 is 0 Å². The molecule has 0 N–H and O–H groups in total. The quantitative estimate of drug-likeness (QED) is 0.550. The average Bonchev–Trinajstić information content (AvgIpc) is 2.65. The van der Waals surface area contributed by atoms with Gasteiger partial charge >= 0.3 is 0 Å². The van der Waals surface area contributed by atoms with Crippen molar-refractivity contribution in [3.8, 4) is 0 Å². The Kier molecular flexibility index (Phi) is 6.36. The number of carbonyl (C=O) groups excluding carboxylic acids is 3. The second kappa shape index (κ2) is 8.29. The number of nitrogens with zero attached hydrogens (tertiary/aromatic N) is 4. The van der Waals surface area contributed by atoms with Crippen molar-refractivity contribution in [1.82, 2.24) is 19.8 Å². The molecule has 0 spiro atoms. The van der Waals surface area contributed by atoms with Gasteiger partial charge in [-0.2, -0.15) is 0 Å². The van der Waals surface area contributed by atoms with Crippen molar-refractivity contribution in [2.45, 2.75) is 44.6 Å². The second-order valence-electron chi connectivity index (χ2n) is 6.97. The Balaban J connectivity index is 2.20. The van der Waals surface area contributed by atoms with Gasteiger partial charge in [0.05, 0.1) is 12.1 Å². The van der Waals surface area contributed by atoms with E-state index in [0.717, 1.165) is 30.6 Å². The highest BCUT2D eigenvalue weighted by atomic mass is 16.2. The summed E-state index contributed by atoms with van der Waals surface area (Å²) in [6.45, 7) is 1.57. The Labute approximate surface area is 148 Å². The first-order chi connectivity index (χ1) is 11.9. The lowest BCUT2D eigenvalue weighted by molar-refractivity contribution is -0.149. The minimum Gasteiger partial charge on any atom is -0.296 e. The molecular formula is C18H26N4O3. The van der Waals surface area contributed by atoms with Gasteiger partial charge in [0.15, 0.2) is 5.78 Å². The maximum absolute atomic E-state index is 13.2. The van der Waals surface area contributed by atoms with Gasteiger partial charge in [0.1, 0.15) is 11.9 Å². The first-order valence-electron chi connectivity index (χ1n) is 8.63. The molecule has 2 amide bonds. The van der Waals surface area contributed by atoms with E-state index < -0.39 is 5.54 Å². The smallest absolute Gasteiger partial charge is 0.249 e. The molecule has 136 valence electrons. The number of amides is 2. The average molecular weight is 346 g/mol. The van der Waals surface area contributed by atoms with Gasteiger partial charge < -0.3 is 0 Å². The lowest BCUT2D eigenvalue weighted by atomic mass is 9.74. The fourth-order valence-corrected chi connectivity index (χ4v) is 3.53. The molecule has 0 aliphatic heterocycles. The number of imide groups is 1. The number of rotatable bonds is 7. The van der Waals surface area contributed by atoms with E-state index >= 15 is 0 Å². The Morgan fingerprint density at radius 2 is 1.80 bits per heavy atom. The van der Waals surface area contributed by atoms with Gasteiger partial charge in [0.25, 0.3) is 0 Å². The van der Waals surface area contributed by atoms with Crippen LogP contribution in [0.25, 0.3) is 0 Å². The first kappa shape index (κ1) is 19.2. The third kappa shape index (κ3) is 4.10. The number of likely N-dealkylation sites (N-methyl/N-ethyl adjacent to an activating group) is 1. The summed E-state index contributed by atoms with van der Waals surface area (Å²) < 4.78 is 0. The van der Waals surface area contributed by atoms with Crippen molar-refractivity contribution < 1.29 is 14.4 Å². The molecule has 1 saturated carbocycles. The Morgan fingerprint density at radius 3 is 2.32 bits per heavy atom. The molecule has 1 aromatic rings. The van der Waals surface area contributed by atoms with Crippen LogP contribution in [-0.4, -0.2) is 64.0 Å². The van der Waals surface area contributed by atoms with Crippen molar-refractivity contribution >= 4 is 18.1 Å². The largest absolute Gasteiger partial charge is 0.296 e. The van der Waals surface area contributed by atoms with E-state index in [1.165, 1.54) is 25.1 Å². The molecule has 0 aromatic carbocycles. The SMILES string of the molecule is CN(C)C(C)(C(=O)N(C=O)CC(=O)c1cncnc1)C1CCCCC1. The maximum Gasteiger partial charge on any atom is 0.249 e. The normalized spacial score (nSPS) is 17.8. The van der Waals surface area contributed by atoms with Gasteiger partial charge in [-0.05, 0) is 39.8 Å². The molecule has 1 atom stereocenters. The first-order valence-corrected chi connectivity index (χ1v) is 8.63. The second-order valence-corrected chi connectivity index (χ2v) is 6.97. The van der Waals surface area contributed by atoms with Crippen LogP contribution in [0.2, 0.25) is 0 Å². The Morgan fingerprint density at radius 1 is 1.20 bits per heavy atom. The van der Waals surface area contributed by atoms with Crippen molar-refractivity contribution in [3.63, 3.8) is 0 Å². The molecule has 25 heavy (non-hydrogen) atoms. The fraction of sp³-hybridized carbons (Fsp3) is 0.611. The van der Waals surface area contributed by atoms with Crippen LogP contribution in [0.1, 0.15) is 49.4 Å². The zero-order chi connectivity index (χ0) is 18.4. The molecule has 1 unspecified atom stereocenters. The molecule has 1 aliphatic rings. The fourth-order valence-electron chi connectivity index (χ4n) is 3.53. The summed E-state index contributed by atoms with van der Waals surface area (Å²) in [5.41, 5.74) is -0.527. The highest BCUT2D eigenvalue weighted by Crippen LogP contribution is 2.36. The highest BCUT2D eigenvalue weighted by molar-refractivity contribution is 6.03. The van der Waals surface area contributed by atoms with Gasteiger partial charge in [0.2, 0.25) is 12.3 Å². The van der Waals surface area contributed by atoms with Crippen molar-refractivity contribution in [3.05, 3.63) is 24.3 Å². The standard InChI is InChI=1S/C18H26N4O3/c1-18(21(2)3,15-7-5-4-6-8-15)17(25)22(13-23)11-16(24)14-9-19-12-20-10-14/h9-10,12-13,15H,4-8,11H2,1-3H3. The van der Waals surface area contributed by atoms with E-state index in [1.54, 1.807) is 0 Å². The zero-order valence-corrected chi connectivity index (χ0v) is 15.1. The summed E-state index contributed by atoms with van der Waals surface area (Å²) in [5.74, 6) is -0.517. The van der Waals surface area contributed by atoms with Crippen LogP contribution in [0.4, 0.5) is 0 Å². The van der Waals surface area contributed by atoms with E-state index in [4.69, 9.17) is 0 Å². The van der Waals surface area contributed by atoms with Crippen LogP contribution in [0.15, 0.2) is 18.7 Å². The Hall–Kier alpha value is -2.15. The van der Waals surface area contributed by atoms with Crippen molar-refractivity contribution in [1.29, 1.82) is 0 Å². The lowest BCUT2D eigenvalue weighted by Gasteiger charge is -2.44. The van der Waals surface area contributed by atoms with Gasteiger partial charge in [-0.15, -0.1) is 0 Å². The Bertz CT molecular complexity index is 614. The number of ketones is 1. The van der Waals surface area contributed by atoms with Crippen LogP contribution in [0.3, 0.4) is 0 Å². The van der Waals surface area contributed by atoms with E-state index in [2.05, 4.69) is 9.97 Å². The van der Waals surface area contributed by atoms with Crippen LogP contribution in [0.5, 0.6) is 0 Å². The van der Waals surface area contributed by atoms with E-state index in [-0.39, 0.29) is 29.7 Å². The molecule has 7 nitrogen and oxygen atoms in total. The minimum atomic E-state index is -0.811. The van der Waals surface area contributed by atoms with Gasteiger partial charge in [-0.3, -0.25) is 24.2 Å². The summed E-state index contributed by atoms with van der Waals surface area (Å²) in [6.07, 6.45) is 9.80. The molecule has 0 radical (unpaired) electrons. The molecule has 0 saturated heterocycles. The number of hydrogen-bond donors (Lipinski definition) is 0. The molecule has 1 aromatic heterocycles. The van der Waals surface area contributed by atoms with Gasteiger partial charge in [-0.25, -0.2) is 9.97 Å². The van der Waals surface area contributed by atoms with E-state index in [1.807, 2.05) is 25.9 Å². The third-order valence-corrected chi connectivity index (χ3v) is 5.35. The summed E-state index contributed by atoms with van der Waals surface area (Å²) in [7, 11) is 3.70. The lowest BCUT2D eigenvalue weighted by Crippen LogP contribution is -2.60. The molecule has 2 rings (SSSR count). The summed E-state index contributed by atoms with van der Waals surface area (Å²) in [4.78, 5) is 47.6. The zero-order valence-electron chi connectivity index (χ0n) is 15.1. The molecule has 0 bridgehead atoms.